The van der Waals surface area contributed by atoms with Crippen LogP contribution in [0.25, 0.3) is 0 Å². The third kappa shape index (κ3) is 4.01. The summed E-state index contributed by atoms with van der Waals surface area (Å²) in [5, 5.41) is 5.40. The van der Waals surface area contributed by atoms with Gasteiger partial charge < -0.3 is 20.1 Å². The van der Waals surface area contributed by atoms with Crippen molar-refractivity contribution in [2.75, 3.05) is 23.8 Å². The zero-order valence-corrected chi connectivity index (χ0v) is 13.6. The van der Waals surface area contributed by atoms with Gasteiger partial charge in [-0.05, 0) is 36.4 Å². The highest BCUT2D eigenvalue weighted by molar-refractivity contribution is 9.10. The van der Waals surface area contributed by atoms with E-state index in [0.717, 1.165) is 4.47 Å². The van der Waals surface area contributed by atoms with Crippen LogP contribution >= 0.6 is 15.9 Å². The second-order valence-electron chi connectivity index (χ2n) is 4.84. The average Bonchev–Trinajstić information content (AvgIpc) is 2.53. The molecule has 0 atom stereocenters. The highest BCUT2D eigenvalue weighted by atomic mass is 79.9. The Bertz CT molecular complexity index is 763. The largest absolute Gasteiger partial charge is 0.484 e. The van der Waals surface area contributed by atoms with Crippen LogP contribution < -0.4 is 20.1 Å². The fourth-order valence-corrected chi connectivity index (χ4v) is 2.44. The molecule has 23 heavy (non-hydrogen) atoms. The van der Waals surface area contributed by atoms with E-state index in [1.54, 1.807) is 30.3 Å². The van der Waals surface area contributed by atoms with Gasteiger partial charge in [-0.1, -0.05) is 22.0 Å². The molecule has 7 heteroatoms. The molecule has 6 nitrogen and oxygen atoms in total. The third-order valence-corrected chi connectivity index (χ3v) is 3.56. The van der Waals surface area contributed by atoms with E-state index in [2.05, 4.69) is 26.6 Å². The summed E-state index contributed by atoms with van der Waals surface area (Å²) < 4.78 is 11.5. The fraction of sp³-hybridized carbons (Fsp3) is 0.125. The molecule has 0 unspecified atom stereocenters. The van der Waals surface area contributed by atoms with Gasteiger partial charge in [0.1, 0.15) is 11.5 Å². The van der Waals surface area contributed by atoms with Crippen LogP contribution in [-0.4, -0.2) is 25.0 Å². The topological polar surface area (TPSA) is 76.7 Å². The van der Waals surface area contributed by atoms with Crippen molar-refractivity contribution in [2.45, 2.75) is 0 Å². The smallest absolute Gasteiger partial charge is 0.262 e. The molecule has 3 rings (SSSR count). The van der Waals surface area contributed by atoms with Gasteiger partial charge in [0.15, 0.2) is 13.2 Å². The number of hydrogen-bond acceptors (Lipinski definition) is 4. The molecule has 1 aliphatic rings. The van der Waals surface area contributed by atoms with Crippen molar-refractivity contribution in [1.29, 1.82) is 0 Å². The molecule has 2 aromatic rings. The Hall–Kier alpha value is -2.54. The summed E-state index contributed by atoms with van der Waals surface area (Å²) in [7, 11) is 0. The number of ether oxygens (including phenoxy) is 2. The van der Waals surface area contributed by atoms with Gasteiger partial charge >= 0.3 is 0 Å². The maximum atomic E-state index is 11.9. The van der Waals surface area contributed by atoms with Crippen LogP contribution in [0.1, 0.15) is 0 Å². The van der Waals surface area contributed by atoms with Gasteiger partial charge in [0.2, 0.25) is 0 Å². The number of carbonyl (C=O) groups excluding carboxylic acids is 2. The van der Waals surface area contributed by atoms with E-state index in [0.29, 0.717) is 22.9 Å². The number of amides is 2. The second kappa shape index (κ2) is 6.70. The predicted molar refractivity (Wildman–Crippen MR) is 88.8 cm³/mol. The van der Waals surface area contributed by atoms with Crippen LogP contribution in [0.3, 0.4) is 0 Å². The van der Waals surface area contributed by atoms with Gasteiger partial charge in [0.25, 0.3) is 11.8 Å². The third-order valence-electron chi connectivity index (χ3n) is 3.06. The molecule has 2 aromatic carbocycles. The lowest BCUT2D eigenvalue weighted by Gasteiger charge is -2.18. The SMILES string of the molecule is O=C(COc1cccc(Br)c1)Nc1ccc2c(c1)NC(=O)CO2. The summed E-state index contributed by atoms with van der Waals surface area (Å²) >= 11 is 3.34. The molecule has 0 fully saturated rings. The average molecular weight is 377 g/mol. The Kier molecular flexibility index (Phi) is 4.47. The zero-order valence-electron chi connectivity index (χ0n) is 12.0. The zero-order chi connectivity index (χ0) is 16.2. The summed E-state index contributed by atoms with van der Waals surface area (Å²) in [6, 6.07) is 12.3. The van der Waals surface area contributed by atoms with Crippen molar-refractivity contribution in [1.82, 2.24) is 0 Å². The van der Waals surface area contributed by atoms with E-state index in [4.69, 9.17) is 9.47 Å². The molecule has 0 saturated carbocycles. The first-order valence-corrected chi connectivity index (χ1v) is 7.64. The predicted octanol–water partition coefficient (Wildman–Crippen LogP) is 2.80. The standard InChI is InChI=1S/C16H13BrN2O4/c17-10-2-1-3-12(6-10)22-8-15(20)18-11-4-5-14-13(7-11)19-16(21)9-23-14/h1-7H,8-9H2,(H,18,20)(H,19,21). The van der Waals surface area contributed by atoms with E-state index in [-0.39, 0.29) is 25.0 Å². The number of carbonyl (C=O) groups is 2. The number of halogens is 1. The summed E-state index contributed by atoms with van der Waals surface area (Å²) in [6.45, 7) is -0.115. The first-order chi connectivity index (χ1) is 11.1. The van der Waals surface area contributed by atoms with E-state index in [1.807, 2.05) is 12.1 Å². The van der Waals surface area contributed by atoms with Crippen LogP contribution in [0.15, 0.2) is 46.9 Å². The van der Waals surface area contributed by atoms with Crippen molar-refractivity contribution in [3.63, 3.8) is 0 Å². The normalized spacial score (nSPS) is 12.7. The van der Waals surface area contributed by atoms with Gasteiger partial charge in [0, 0.05) is 10.2 Å². The molecule has 1 heterocycles. The summed E-state index contributed by atoms with van der Waals surface area (Å²) in [4.78, 5) is 23.2. The lowest BCUT2D eigenvalue weighted by molar-refractivity contribution is -0.119. The van der Waals surface area contributed by atoms with Gasteiger partial charge in [-0.15, -0.1) is 0 Å². The van der Waals surface area contributed by atoms with Crippen LogP contribution in [-0.2, 0) is 9.59 Å². The van der Waals surface area contributed by atoms with Crippen LogP contribution in [0.4, 0.5) is 11.4 Å². The number of benzene rings is 2. The Labute approximate surface area is 140 Å². The maximum Gasteiger partial charge on any atom is 0.262 e. The minimum absolute atomic E-state index is 0.000812. The van der Waals surface area contributed by atoms with Crippen LogP contribution in [0, 0.1) is 0 Å². The van der Waals surface area contributed by atoms with E-state index in [9.17, 15) is 9.59 Å². The summed E-state index contributed by atoms with van der Waals surface area (Å²) in [6.07, 6.45) is 0. The Morgan fingerprint density at radius 1 is 1.30 bits per heavy atom. The molecule has 2 amide bonds. The van der Waals surface area contributed by atoms with Gasteiger partial charge in [-0.3, -0.25) is 9.59 Å². The van der Waals surface area contributed by atoms with Gasteiger partial charge in [-0.25, -0.2) is 0 Å². The number of anilines is 2. The van der Waals surface area contributed by atoms with E-state index in [1.165, 1.54) is 0 Å². The number of fused-ring (bicyclic) bond motifs is 1. The highest BCUT2D eigenvalue weighted by Gasteiger charge is 2.16. The van der Waals surface area contributed by atoms with Crippen molar-refractivity contribution >= 4 is 39.1 Å². The lowest BCUT2D eigenvalue weighted by atomic mass is 10.2. The fourth-order valence-electron chi connectivity index (χ4n) is 2.06. The molecular formula is C16H13BrN2O4. The van der Waals surface area contributed by atoms with Gasteiger partial charge in [0.05, 0.1) is 5.69 Å². The molecule has 118 valence electrons. The van der Waals surface area contributed by atoms with E-state index >= 15 is 0 Å². The molecule has 0 aliphatic carbocycles. The first kappa shape index (κ1) is 15.4. The molecule has 2 N–H and O–H groups in total. The monoisotopic (exact) mass is 376 g/mol. The van der Waals surface area contributed by atoms with Crippen molar-refractivity contribution in [2.24, 2.45) is 0 Å². The van der Waals surface area contributed by atoms with Crippen LogP contribution in [0.5, 0.6) is 11.5 Å². The second-order valence-corrected chi connectivity index (χ2v) is 5.76. The first-order valence-electron chi connectivity index (χ1n) is 6.85. The van der Waals surface area contributed by atoms with Gasteiger partial charge in [-0.2, -0.15) is 0 Å². The van der Waals surface area contributed by atoms with Crippen LogP contribution in [0.2, 0.25) is 0 Å². The minimum atomic E-state index is -0.298. The number of hydrogen-bond donors (Lipinski definition) is 2. The molecule has 0 radical (unpaired) electrons. The van der Waals surface area contributed by atoms with Crippen molar-refractivity contribution in [3.05, 3.63) is 46.9 Å². The Balaban J connectivity index is 1.59. The lowest BCUT2D eigenvalue weighted by Crippen LogP contribution is -2.25. The van der Waals surface area contributed by atoms with E-state index < -0.39 is 0 Å². The van der Waals surface area contributed by atoms with Crippen molar-refractivity contribution < 1.29 is 19.1 Å². The van der Waals surface area contributed by atoms with Crippen molar-refractivity contribution in [3.8, 4) is 11.5 Å². The quantitative estimate of drug-likeness (QED) is 0.859. The number of rotatable bonds is 4. The molecule has 1 aliphatic heterocycles. The molecule has 0 spiro atoms. The maximum absolute atomic E-state index is 11.9. The highest BCUT2D eigenvalue weighted by Crippen LogP contribution is 2.30. The minimum Gasteiger partial charge on any atom is -0.484 e. The number of nitrogens with one attached hydrogen (secondary N) is 2. The summed E-state index contributed by atoms with van der Waals surface area (Å²) in [5.41, 5.74) is 1.09. The Morgan fingerprint density at radius 2 is 2.17 bits per heavy atom. The molecule has 0 bridgehead atoms. The molecule has 0 saturated heterocycles. The Morgan fingerprint density at radius 3 is 3.00 bits per heavy atom. The molecular weight excluding hydrogens is 364 g/mol. The molecule has 0 aromatic heterocycles. The summed E-state index contributed by atoms with van der Waals surface area (Å²) in [5.74, 6) is 0.653.